The molecule has 0 unspecified atom stereocenters. The maximum absolute atomic E-state index is 13.7. The van der Waals surface area contributed by atoms with Crippen LogP contribution in [0.25, 0.3) is 0 Å². The Morgan fingerprint density at radius 3 is 1.79 bits per heavy atom. The van der Waals surface area contributed by atoms with Crippen LogP contribution in [0.5, 0.6) is 17.2 Å². The zero-order valence-electron chi connectivity index (χ0n) is 18.7. The van der Waals surface area contributed by atoms with Gasteiger partial charge in [0.1, 0.15) is 17.2 Å². The Kier molecular flexibility index (Phi) is 10.4. The number of aryl methyl sites for hydroxylation is 1. The number of hydrogen-bond acceptors (Lipinski definition) is 4. The van der Waals surface area contributed by atoms with Crippen molar-refractivity contribution in [2.24, 2.45) is 0 Å². The van der Waals surface area contributed by atoms with E-state index in [-0.39, 0.29) is 0 Å². The molecule has 0 amide bonds. The highest BCUT2D eigenvalue weighted by atomic mass is 79.9. The van der Waals surface area contributed by atoms with Crippen molar-refractivity contribution < 1.29 is 18.1 Å². The number of hydrogen-bond donors (Lipinski definition) is 0. The van der Waals surface area contributed by atoms with Crippen molar-refractivity contribution in [2.45, 2.75) is 51.9 Å². The molecule has 33 heavy (non-hydrogen) atoms. The summed E-state index contributed by atoms with van der Waals surface area (Å²) in [6, 6.07) is 21.5. The zero-order chi connectivity index (χ0) is 23.5. The third-order valence-corrected chi connectivity index (χ3v) is 8.57. The second-order valence-corrected chi connectivity index (χ2v) is 10.7. The fraction of sp³-hybridized carbons (Fsp3) is 0.308. The number of phosphoric acid groups is 1. The highest BCUT2D eigenvalue weighted by Crippen LogP contribution is 2.52. The van der Waals surface area contributed by atoms with Crippen LogP contribution in [0.3, 0.4) is 0 Å². The van der Waals surface area contributed by atoms with Crippen LogP contribution >= 0.6 is 39.7 Å². The van der Waals surface area contributed by atoms with Gasteiger partial charge in [-0.15, -0.1) is 0 Å². The van der Waals surface area contributed by atoms with E-state index in [0.29, 0.717) is 21.7 Å². The predicted molar refractivity (Wildman–Crippen MR) is 141 cm³/mol. The third-order valence-electron chi connectivity index (χ3n) is 5.06. The van der Waals surface area contributed by atoms with Gasteiger partial charge in [0, 0.05) is 4.47 Å². The van der Waals surface area contributed by atoms with Gasteiger partial charge in [0.2, 0.25) is 0 Å². The van der Waals surface area contributed by atoms with Gasteiger partial charge in [-0.2, -0.15) is 4.57 Å². The van der Waals surface area contributed by atoms with Crippen molar-refractivity contribution in [3.63, 3.8) is 0 Å². The van der Waals surface area contributed by atoms with Crippen molar-refractivity contribution >= 4 is 39.7 Å². The lowest BCUT2D eigenvalue weighted by Gasteiger charge is -2.20. The molecule has 0 aromatic heterocycles. The lowest BCUT2D eigenvalue weighted by molar-refractivity contribution is 0.297. The van der Waals surface area contributed by atoms with Gasteiger partial charge in [0.15, 0.2) is 0 Å². The van der Waals surface area contributed by atoms with Gasteiger partial charge in [0.05, 0.1) is 4.47 Å². The molecule has 0 saturated heterocycles. The molecule has 0 radical (unpaired) electrons. The van der Waals surface area contributed by atoms with E-state index < -0.39 is 7.82 Å². The Balaban J connectivity index is 1.74. The summed E-state index contributed by atoms with van der Waals surface area (Å²) in [5.74, 6) is 1.17. The van der Waals surface area contributed by atoms with Gasteiger partial charge in [-0.25, -0.2) is 0 Å². The summed E-state index contributed by atoms with van der Waals surface area (Å²) in [7, 11) is -4.03. The van der Waals surface area contributed by atoms with Crippen LogP contribution in [0.2, 0.25) is 0 Å². The molecule has 4 nitrogen and oxygen atoms in total. The van der Waals surface area contributed by atoms with Gasteiger partial charge in [-0.05, 0) is 80.6 Å². The molecule has 176 valence electrons. The first-order valence-corrected chi connectivity index (χ1v) is 14.3. The number of rotatable bonds is 13. The van der Waals surface area contributed by atoms with Gasteiger partial charge in [-0.3, -0.25) is 0 Å². The summed E-state index contributed by atoms with van der Waals surface area (Å²) in [4.78, 5) is 0. The van der Waals surface area contributed by atoms with Crippen molar-refractivity contribution in [1.82, 2.24) is 0 Å². The summed E-state index contributed by atoms with van der Waals surface area (Å²) in [5, 5.41) is 0. The van der Waals surface area contributed by atoms with Gasteiger partial charge in [-0.1, -0.05) is 81.5 Å². The lowest BCUT2D eigenvalue weighted by Crippen LogP contribution is -2.08. The van der Waals surface area contributed by atoms with Crippen LogP contribution < -0.4 is 13.6 Å². The Morgan fingerprint density at radius 2 is 1.21 bits per heavy atom. The molecule has 0 bridgehead atoms. The fourth-order valence-electron chi connectivity index (χ4n) is 3.33. The molecular formula is C26H29Br2O4P. The van der Waals surface area contributed by atoms with Crippen LogP contribution in [0, 0.1) is 0 Å². The molecule has 0 saturated carbocycles. The average Bonchev–Trinajstić information content (AvgIpc) is 2.81. The summed E-state index contributed by atoms with van der Waals surface area (Å²) < 4.78 is 32.6. The SMILES string of the molecule is CCCCCCCCc1ccc(OP(=O)(Oc2ccccc2)Oc2ccccc2)c(Br)c1Br. The molecule has 0 fully saturated rings. The highest BCUT2D eigenvalue weighted by Gasteiger charge is 2.34. The van der Waals surface area contributed by atoms with Crippen LogP contribution in [0.4, 0.5) is 0 Å². The van der Waals surface area contributed by atoms with E-state index >= 15 is 0 Å². The van der Waals surface area contributed by atoms with E-state index in [9.17, 15) is 4.57 Å². The van der Waals surface area contributed by atoms with Crippen molar-refractivity contribution in [3.8, 4) is 17.2 Å². The first-order chi connectivity index (χ1) is 16.0. The van der Waals surface area contributed by atoms with Gasteiger partial charge in [0.25, 0.3) is 0 Å². The van der Waals surface area contributed by atoms with E-state index in [1.165, 1.54) is 37.7 Å². The first kappa shape index (κ1) is 25.9. The van der Waals surface area contributed by atoms with Crippen LogP contribution in [-0.2, 0) is 11.0 Å². The summed E-state index contributed by atoms with van der Waals surface area (Å²) >= 11 is 7.26. The Labute approximate surface area is 213 Å². The largest absolute Gasteiger partial charge is 0.647 e. The second-order valence-electron chi connectivity index (χ2n) is 7.72. The number of phosphoric ester groups is 1. The van der Waals surface area contributed by atoms with E-state index in [0.717, 1.165) is 17.3 Å². The number of para-hydroxylation sites is 2. The maximum atomic E-state index is 13.7. The molecule has 7 heteroatoms. The molecule has 0 aliphatic carbocycles. The number of benzene rings is 3. The smallest absolute Gasteiger partial charge is 0.386 e. The Bertz CT molecular complexity index is 999. The summed E-state index contributed by atoms with van der Waals surface area (Å²) in [6.07, 6.45) is 8.43. The number of unbranched alkanes of at least 4 members (excludes halogenated alkanes) is 5. The van der Waals surface area contributed by atoms with E-state index in [1.807, 2.05) is 18.2 Å². The molecule has 0 heterocycles. The molecule has 0 spiro atoms. The van der Waals surface area contributed by atoms with Crippen LogP contribution in [-0.4, -0.2) is 0 Å². The van der Waals surface area contributed by atoms with E-state index in [1.54, 1.807) is 54.6 Å². The summed E-state index contributed by atoms with van der Waals surface area (Å²) in [6.45, 7) is 2.23. The maximum Gasteiger partial charge on any atom is 0.647 e. The molecule has 0 atom stereocenters. The first-order valence-electron chi connectivity index (χ1n) is 11.3. The topological polar surface area (TPSA) is 44.8 Å². The third kappa shape index (κ3) is 8.20. The minimum atomic E-state index is -4.03. The number of halogens is 2. The van der Waals surface area contributed by atoms with Gasteiger partial charge >= 0.3 is 7.82 Å². The minimum Gasteiger partial charge on any atom is -0.386 e. The van der Waals surface area contributed by atoms with E-state index in [2.05, 4.69) is 38.8 Å². The summed E-state index contributed by atoms with van der Waals surface area (Å²) in [5.41, 5.74) is 1.17. The zero-order valence-corrected chi connectivity index (χ0v) is 22.8. The standard InChI is InChI=1S/C26H29Br2O4P/c1-2-3-4-5-6-9-14-21-19-20-24(26(28)25(21)27)32-33(29,30-22-15-10-7-11-16-22)31-23-17-12-8-13-18-23/h7-8,10-13,15-20H,2-6,9,14H2,1H3. The molecule has 0 aliphatic rings. The fourth-order valence-corrected chi connectivity index (χ4v) is 5.71. The average molecular weight is 596 g/mol. The molecule has 3 aromatic carbocycles. The Morgan fingerprint density at radius 1 is 0.667 bits per heavy atom. The highest BCUT2D eigenvalue weighted by molar-refractivity contribution is 9.13. The predicted octanol–water partition coefficient (Wildman–Crippen LogP) is 9.76. The van der Waals surface area contributed by atoms with E-state index in [4.69, 9.17) is 13.6 Å². The second kappa shape index (κ2) is 13.2. The lowest BCUT2D eigenvalue weighted by atomic mass is 10.0. The van der Waals surface area contributed by atoms with Crippen molar-refractivity contribution in [2.75, 3.05) is 0 Å². The van der Waals surface area contributed by atoms with Crippen molar-refractivity contribution in [1.29, 1.82) is 0 Å². The molecule has 3 rings (SSSR count). The van der Waals surface area contributed by atoms with Crippen molar-refractivity contribution in [3.05, 3.63) is 87.3 Å². The molecule has 0 aliphatic heterocycles. The minimum absolute atomic E-state index is 0.378. The van der Waals surface area contributed by atoms with Crippen LogP contribution in [0.1, 0.15) is 51.0 Å². The molecule has 3 aromatic rings. The van der Waals surface area contributed by atoms with Gasteiger partial charge < -0.3 is 13.6 Å². The monoisotopic (exact) mass is 594 g/mol. The molecular weight excluding hydrogens is 567 g/mol. The quantitative estimate of drug-likeness (QED) is 0.146. The molecule has 0 N–H and O–H groups in total. The normalized spacial score (nSPS) is 11.2. The van der Waals surface area contributed by atoms with Crippen LogP contribution in [0.15, 0.2) is 81.7 Å². The Hall–Kier alpha value is -1.75.